The maximum Gasteiger partial charge on any atom is 0.276 e. The van der Waals surface area contributed by atoms with E-state index < -0.39 is 0 Å². The molecule has 0 bridgehead atoms. The molecule has 0 saturated heterocycles. The molecule has 0 fully saturated rings. The molecule has 0 radical (unpaired) electrons. The Morgan fingerprint density at radius 3 is 2.76 bits per heavy atom. The summed E-state index contributed by atoms with van der Waals surface area (Å²) in [5, 5.41) is 0. The first-order valence-corrected chi connectivity index (χ1v) is 7.98. The first kappa shape index (κ1) is 16.8. The average Bonchev–Trinajstić information content (AvgIpc) is 3.31. The van der Waals surface area contributed by atoms with Gasteiger partial charge in [-0.05, 0) is 37.1 Å². The lowest BCUT2D eigenvalue weighted by Crippen LogP contribution is -2.37. The van der Waals surface area contributed by atoms with Crippen molar-refractivity contribution in [3.05, 3.63) is 60.3 Å². The third-order valence-electron chi connectivity index (χ3n) is 4.20. The van der Waals surface area contributed by atoms with E-state index in [2.05, 4.69) is 4.98 Å². The molecule has 0 aliphatic carbocycles. The Bertz CT molecular complexity index is 839. The number of hydrogen-bond acceptors (Lipinski definition) is 5. The minimum atomic E-state index is -0.220. The topological polar surface area (TPSA) is 68.7 Å². The van der Waals surface area contributed by atoms with Gasteiger partial charge in [0.1, 0.15) is 5.75 Å². The van der Waals surface area contributed by atoms with Gasteiger partial charge in [-0.25, -0.2) is 4.98 Å². The Morgan fingerprint density at radius 2 is 2.04 bits per heavy atom. The molecule has 0 N–H and O–H groups in total. The number of aromatic nitrogens is 1. The molecule has 0 aliphatic rings. The molecular weight excluding hydrogens is 320 g/mol. The van der Waals surface area contributed by atoms with Crippen molar-refractivity contribution in [2.24, 2.45) is 0 Å². The van der Waals surface area contributed by atoms with E-state index in [4.69, 9.17) is 13.6 Å². The highest BCUT2D eigenvalue weighted by Crippen LogP contribution is 2.26. The van der Waals surface area contributed by atoms with Crippen molar-refractivity contribution in [1.29, 1.82) is 0 Å². The predicted octanol–water partition coefficient (Wildman–Crippen LogP) is 3.65. The van der Waals surface area contributed by atoms with Gasteiger partial charge in [0.2, 0.25) is 5.76 Å². The fourth-order valence-electron chi connectivity index (χ4n) is 2.68. The number of carbonyl (C=O) groups is 1. The van der Waals surface area contributed by atoms with Crippen molar-refractivity contribution in [1.82, 2.24) is 9.88 Å². The van der Waals surface area contributed by atoms with E-state index >= 15 is 0 Å². The second-order valence-corrected chi connectivity index (χ2v) is 5.79. The summed E-state index contributed by atoms with van der Waals surface area (Å²) < 4.78 is 16.0. The lowest BCUT2D eigenvalue weighted by molar-refractivity contribution is 0.0738. The second kappa shape index (κ2) is 7.25. The molecule has 3 aromatic rings. The van der Waals surface area contributed by atoms with Crippen LogP contribution in [0.4, 0.5) is 0 Å². The summed E-state index contributed by atoms with van der Waals surface area (Å²) in [6, 6.07) is 11.2. The Balaban J connectivity index is 1.78. The molecule has 1 unspecified atom stereocenters. The van der Waals surface area contributed by atoms with Gasteiger partial charge in [-0.2, -0.15) is 0 Å². The summed E-state index contributed by atoms with van der Waals surface area (Å²) in [5.41, 5.74) is 1.29. The Labute approximate surface area is 146 Å². The van der Waals surface area contributed by atoms with Gasteiger partial charge in [0.15, 0.2) is 17.8 Å². The zero-order valence-corrected chi connectivity index (χ0v) is 14.4. The van der Waals surface area contributed by atoms with Gasteiger partial charge in [0.25, 0.3) is 5.91 Å². The fourth-order valence-corrected chi connectivity index (χ4v) is 2.68. The Hall–Kier alpha value is -3.02. The number of methoxy groups -OCH3 is 1. The summed E-state index contributed by atoms with van der Waals surface area (Å²) in [4.78, 5) is 18.6. The summed E-state index contributed by atoms with van der Waals surface area (Å²) in [7, 11) is 3.40. The Morgan fingerprint density at radius 1 is 1.24 bits per heavy atom. The molecule has 2 aromatic heterocycles. The zero-order valence-electron chi connectivity index (χ0n) is 14.4. The van der Waals surface area contributed by atoms with Crippen LogP contribution < -0.4 is 4.74 Å². The number of nitrogens with zero attached hydrogens (tertiary/aromatic N) is 2. The molecule has 0 aliphatic heterocycles. The number of furan rings is 1. The smallest absolute Gasteiger partial charge is 0.276 e. The zero-order chi connectivity index (χ0) is 17.8. The third kappa shape index (κ3) is 3.42. The van der Waals surface area contributed by atoms with Crippen LogP contribution in [0, 0.1) is 0 Å². The van der Waals surface area contributed by atoms with Crippen LogP contribution in [0.1, 0.15) is 23.0 Å². The monoisotopic (exact) mass is 340 g/mol. The van der Waals surface area contributed by atoms with Crippen LogP contribution in [0.5, 0.6) is 5.75 Å². The van der Waals surface area contributed by atoms with Crippen molar-refractivity contribution in [2.75, 3.05) is 14.2 Å². The van der Waals surface area contributed by atoms with Gasteiger partial charge in [-0.3, -0.25) is 4.79 Å². The number of hydrogen-bond donors (Lipinski definition) is 0. The van der Waals surface area contributed by atoms with Crippen molar-refractivity contribution in [3.8, 4) is 17.3 Å². The van der Waals surface area contributed by atoms with Gasteiger partial charge < -0.3 is 18.5 Å². The minimum Gasteiger partial charge on any atom is -0.496 e. The highest BCUT2D eigenvalue weighted by molar-refractivity contribution is 5.97. The lowest BCUT2D eigenvalue weighted by Gasteiger charge is -2.25. The average molecular weight is 340 g/mol. The van der Waals surface area contributed by atoms with Crippen LogP contribution in [0.3, 0.4) is 0 Å². The summed E-state index contributed by atoms with van der Waals surface area (Å²) in [5.74, 6) is 1.41. The van der Waals surface area contributed by atoms with E-state index in [0.717, 1.165) is 11.3 Å². The van der Waals surface area contributed by atoms with E-state index in [-0.39, 0.29) is 17.6 Å². The summed E-state index contributed by atoms with van der Waals surface area (Å²) >= 11 is 0. The molecular formula is C19H20N2O4. The number of amides is 1. The number of para-hydroxylation sites is 1. The molecule has 1 atom stereocenters. The van der Waals surface area contributed by atoms with Gasteiger partial charge in [0, 0.05) is 13.1 Å². The fraction of sp³-hybridized carbons (Fsp3) is 0.263. The number of ether oxygens (including phenoxy) is 1. The molecule has 6 heteroatoms. The highest BCUT2D eigenvalue weighted by atomic mass is 16.5. The summed E-state index contributed by atoms with van der Waals surface area (Å²) in [6.07, 6.45) is 3.45. The van der Waals surface area contributed by atoms with Crippen LogP contribution in [0.25, 0.3) is 11.5 Å². The van der Waals surface area contributed by atoms with E-state index in [0.29, 0.717) is 17.9 Å². The number of likely N-dealkylation sites (N-methyl/N-ethyl adjacent to an activating group) is 1. The number of oxazole rings is 1. The van der Waals surface area contributed by atoms with Crippen LogP contribution >= 0.6 is 0 Å². The first-order chi connectivity index (χ1) is 12.1. The second-order valence-electron chi connectivity index (χ2n) is 5.79. The Kier molecular flexibility index (Phi) is 4.88. The molecule has 6 nitrogen and oxygen atoms in total. The normalized spacial score (nSPS) is 12.0. The van der Waals surface area contributed by atoms with Gasteiger partial charge >= 0.3 is 0 Å². The SMILES string of the molecule is COc1ccccc1CC(C)N(C)C(=O)c1ncoc1-c1ccco1. The quantitative estimate of drug-likeness (QED) is 0.685. The number of benzene rings is 1. The van der Waals surface area contributed by atoms with Crippen molar-refractivity contribution >= 4 is 5.91 Å². The molecule has 1 aromatic carbocycles. The minimum absolute atomic E-state index is 0.0510. The van der Waals surface area contributed by atoms with Gasteiger partial charge in [-0.1, -0.05) is 18.2 Å². The highest BCUT2D eigenvalue weighted by Gasteiger charge is 2.26. The first-order valence-electron chi connectivity index (χ1n) is 7.98. The molecule has 25 heavy (non-hydrogen) atoms. The number of carbonyl (C=O) groups excluding carboxylic acids is 1. The van der Waals surface area contributed by atoms with E-state index in [1.165, 1.54) is 12.7 Å². The molecule has 1 amide bonds. The van der Waals surface area contributed by atoms with Crippen LogP contribution in [-0.4, -0.2) is 36.0 Å². The van der Waals surface area contributed by atoms with Crippen LogP contribution in [0.2, 0.25) is 0 Å². The molecule has 0 saturated carbocycles. The molecule has 130 valence electrons. The van der Waals surface area contributed by atoms with Gasteiger partial charge in [-0.15, -0.1) is 0 Å². The largest absolute Gasteiger partial charge is 0.496 e. The number of rotatable bonds is 6. The molecule has 3 rings (SSSR count). The predicted molar refractivity (Wildman–Crippen MR) is 92.5 cm³/mol. The lowest BCUT2D eigenvalue weighted by atomic mass is 10.0. The van der Waals surface area contributed by atoms with E-state index in [1.807, 2.05) is 31.2 Å². The van der Waals surface area contributed by atoms with Crippen LogP contribution in [-0.2, 0) is 6.42 Å². The maximum atomic E-state index is 12.8. The standard InChI is InChI=1S/C19H20N2O4/c1-13(11-14-7-4-5-8-15(14)23-3)21(2)19(22)17-18(25-12-20-17)16-9-6-10-24-16/h4-10,12-13H,11H2,1-3H3. The van der Waals surface area contributed by atoms with Crippen molar-refractivity contribution in [3.63, 3.8) is 0 Å². The van der Waals surface area contributed by atoms with E-state index in [9.17, 15) is 4.79 Å². The maximum absolute atomic E-state index is 12.8. The van der Waals surface area contributed by atoms with E-state index in [1.54, 1.807) is 31.2 Å². The van der Waals surface area contributed by atoms with Crippen LogP contribution in [0.15, 0.2) is 57.9 Å². The van der Waals surface area contributed by atoms with Gasteiger partial charge in [0.05, 0.1) is 13.4 Å². The third-order valence-corrected chi connectivity index (χ3v) is 4.20. The summed E-state index contributed by atoms with van der Waals surface area (Å²) in [6.45, 7) is 1.98. The van der Waals surface area contributed by atoms with Crippen molar-refractivity contribution < 1.29 is 18.4 Å². The molecule has 2 heterocycles. The molecule has 0 spiro atoms. The van der Waals surface area contributed by atoms with Crippen molar-refractivity contribution in [2.45, 2.75) is 19.4 Å².